The molecule has 0 bridgehead atoms. The van der Waals surface area contributed by atoms with Crippen molar-refractivity contribution in [2.45, 2.75) is 12.5 Å². The highest BCUT2D eigenvalue weighted by Gasteiger charge is 2.15. The minimum atomic E-state index is 0.117. The summed E-state index contributed by atoms with van der Waals surface area (Å²) < 4.78 is 11.0. The lowest BCUT2D eigenvalue weighted by molar-refractivity contribution is -0.0851. The van der Waals surface area contributed by atoms with Gasteiger partial charge in [-0.2, -0.15) is 0 Å². The Labute approximate surface area is 124 Å². The molecule has 1 N–H and O–H groups in total. The second-order valence-electron chi connectivity index (χ2n) is 4.75. The molecule has 0 amide bonds. The van der Waals surface area contributed by atoms with Crippen LogP contribution in [0.4, 0.5) is 0 Å². The quantitative estimate of drug-likeness (QED) is 0.655. The van der Waals surface area contributed by atoms with Gasteiger partial charge in [-0.1, -0.05) is 6.07 Å². The van der Waals surface area contributed by atoms with Crippen molar-refractivity contribution in [3.63, 3.8) is 0 Å². The fraction of sp³-hybridized carbons (Fsp3) is 0.643. The molecular weight excluding hydrogens is 274 g/mol. The number of hydrogen-bond donors (Lipinski definition) is 1. The predicted molar refractivity (Wildman–Crippen MR) is 82.6 cm³/mol. The summed E-state index contributed by atoms with van der Waals surface area (Å²) in [6.45, 7) is 3.71. The molecule has 2 rings (SSSR count). The van der Waals surface area contributed by atoms with E-state index in [1.807, 2.05) is 7.05 Å². The van der Waals surface area contributed by atoms with Crippen molar-refractivity contribution in [2.24, 2.45) is 4.99 Å². The van der Waals surface area contributed by atoms with Crippen molar-refractivity contribution in [1.82, 2.24) is 10.2 Å². The highest BCUT2D eigenvalue weighted by Crippen LogP contribution is 2.09. The molecule has 2 heterocycles. The van der Waals surface area contributed by atoms with Crippen LogP contribution in [0, 0.1) is 0 Å². The average Bonchev–Trinajstić information content (AvgIpc) is 3.00. The summed E-state index contributed by atoms with van der Waals surface area (Å²) in [4.78, 5) is 7.85. The van der Waals surface area contributed by atoms with Gasteiger partial charge in [0.25, 0.3) is 0 Å². The van der Waals surface area contributed by atoms with Crippen molar-refractivity contribution in [1.29, 1.82) is 0 Å². The molecule has 20 heavy (non-hydrogen) atoms. The van der Waals surface area contributed by atoms with Gasteiger partial charge in [0.2, 0.25) is 0 Å². The highest BCUT2D eigenvalue weighted by atomic mass is 32.1. The van der Waals surface area contributed by atoms with Crippen molar-refractivity contribution in [3.05, 3.63) is 22.4 Å². The van der Waals surface area contributed by atoms with Gasteiger partial charge >= 0.3 is 0 Å². The third-order valence-electron chi connectivity index (χ3n) is 3.22. The van der Waals surface area contributed by atoms with Gasteiger partial charge in [-0.25, -0.2) is 0 Å². The van der Waals surface area contributed by atoms with Crippen molar-refractivity contribution in [2.75, 3.05) is 47.0 Å². The van der Waals surface area contributed by atoms with E-state index in [4.69, 9.17) is 9.47 Å². The Morgan fingerprint density at radius 3 is 3.10 bits per heavy atom. The minimum Gasteiger partial charge on any atom is -0.376 e. The van der Waals surface area contributed by atoms with Crippen LogP contribution in [-0.2, 0) is 15.9 Å². The first-order valence-corrected chi connectivity index (χ1v) is 7.81. The van der Waals surface area contributed by atoms with E-state index < -0.39 is 0 Å². The molecule has 1 aromatic heterocycles. The smallest absolute Gasteiger partial charge is 0.193 e. The van der Waals surface area contributed by atoms with E-state index in [1.165, 1.54) is 4.88 Å². The molecule has 5 nitrogen and oxygen atoms in total. The highest BCUT2D eigenvalue weighted by molar-refractivity contribution is 7.09. The fourth-order valence-corrected chi connectivity index (χ4v) is 2.78. The maximum Gasteiger partial charge on any atom is 0.193 e. The Bertz CT molecular complexity index is 403. The standard InChI is InChI=1S/C14H23N3O2S/c1-15-14(16-10-12-11-18-7-8-19-12)17(2)6-5-13-4-3-9-20-13/h3-4,9,12H,5-8,10-11H2,1-2H3,(H,15,16). The predicted octanol–water partition coefficient (Wildman–Crippen LogP) is 1.21. The lowest BCUT2D eigenvalue weighted by atomic mass is 10.3. The Morgan fingerprint density at radius 2 is 2.45 bits per heavy atom. The zero-order valence-electron chi connectivity index (χ0n) is 12.2. The fourth-order valence-electron chi connectivity index (χ4n) is 2.08. The van der Waals surface area contributed by atoms with E-state index in [2.05, 4.69) is 39.8 Å². The normalized spacial score (nSPS) is 19.9. The van der Waals surface area contributed by atoms with Gasteiger partial charge in [0, 0.05) is 32.1 Å². The van der Waals surface area contributed by atoms with Gasteiger partial charge in [0.15, 0.2) is 5.96 Å². The molecule has 0 spiro atoms. The van der Waals surface area contributed by atoms with E-state index in [0.29, 0.717) is 19.8 Å². The van der Waals surface area contributed by atoms with Crippen LogP contribution in [0.25, 0.3) is 0 Å². The maximum absolute atomic E-state index is 5.61. The molecule has 1 aliphatic heterocycles. The van der Waals surface area contributed by atoms with Crippen LogP contribution >= 0.6 is 11.3 Å². The van der Waals surface area contributed by atoms with E-state index in [-0.39, 0.29) is 6.10 Å². The van der Waals surface area contributed by atoms with Crippen LogP contribution in [0.15, 0.2) is 22.5 Å². The molecule has 1 aliphatic rings. The summed E-state index contributed by atoms with van der Waals surface area (Å²) in [6, 6.07) is 4.26. The van der Waals surface area contributed by atoms with Gasteiger partial charge in [0.1, 0.15) is 0 Å². The second-order valence-corrected chi connectivity index (χ2v) is 5.78. The van der Waals surface area contributed by atoms with Gasteiger partial charge in [0.05, 0.1) is 25.9 Å². The zero-order valence-corrected chi connectivity index (χ0v) is 13.0. The Kier molecular flexibility index (Phi) is 6.29. The average molecular weight is 297 g/mol. The molecule has 0 aromatic carbocycles. The number of guanidine groups is 1. The number of nitrogens with one attached hydrogen (secondary N) is 1. The third-order valence-corrected chi connectivity index (χ3v) is 4.16. The van der Waals surface area contributed by atoms with E-state index in [9.17, 15) is 0 Å². The molecule has 1 unspecified atom stereocenters. The number of likely N-dealkylation sites (N-methyl/N-ethyl adjacent to an activating group) is 1. The van der Waals surface area contributed by atoms with E-state index >= 15 is 0 Å². The molecule has 1 aromatic rings. The lowest BCUT2D eigenvalue weighted by Crippen LogP contribution is -2.45. The van der Waals surface area contributed by atoms with Gasteiger partial charge in [-0.15, -0.1) is 11.3 Å². The van der Waals surface area contributed by atoms with E-state index in [0.717, 1.165) is 25.5 Å². The SMILES string of the molecule is CN=C(NCC1COCCO1)N(C)CCc1cccs1. The molecule has 1 fully saturated rings. The summed E-state index contributed by atoms with van der Waals surface area (Å²) in [5.41, 5.74) is 0. The number of rotatable bonds is 5. The Hall–Kier alpha value is -1.11. The van der Waals surface area contributed by atoms with Gasteiger partial charge in [-0.3, -0.25) is 4.99 Å². The Morgan fingerprint density at radius 1 is 1.55 bits per heavy atom. The first-order valence-electron chi connectivity index (χ1n) is 6.93. The van der Waals surface area contributed by atoms with Crippen molar-refractivity contribution < 1.29 is 9.47 Å². The molecule has 112 valence electrons. The van der Waals surface area contributed by atoms with Crippen LogP contribution in [0.5, 0.6) is 0 Å². The molecule has 0 saturated carbocycles. The third kappa shape index (κ3) is 4.77. The lowest BCUT2D eigenvalue weighted by Gasteiger charge is -2.26. The molecule has 0 radical (unpaired) electrons. The molecule has 1 atom stereocenters. The molecule has 0 aliphatic carbocycles. The minimum absolute atomic E-state index is 0.117. The van der Waals surface area contributed by atoms with Gasteiger partial charge < -0.3 is 19.7 Å². The number of nitrogens with zero attached hydrogens (tertiary/aromatic N) is 2. The van der Waals surface area contributed by atoms with Crippen LogP contribution in [0.1, 0.15) is 4.88 Å². The largest absolute Gasteiger partial charge is 0.376 e. The number of thiophene rings is 1. The van der Waals surface area contributed by atoms with E-state index in [1.54, 1.807) is 11.3 Å². The topological polar surface area (TPSA) is 46.1 Å². The maximum atomic E-state index is 5.61. The first kappa shape index (κ1) is 15.3. The number of ether oxygens (including phenoxy) is 2. The molecule has 6 heteroatoms. The number of aliphatic imine (C=N–C) groups is 1. The first-order chi connectivity index (χ1) is 9.79. The molecule has 1 saturated heterocycles. The monoisotopic (exact) mass is 297 g/mol. The summed E-state index contributed by atoms with van der Waals surface area (Å²) in [6.07, 6.45) is 1.16. The second kappa shape index (κ2) is 8.24. The summed E-state index contributed by atoms with van der Waals surface area (Å²) in [5.74, 6) is 0.899. The van der Waals surface area contributed by atoms with Crippen molar-refractivity contribution in [3.8, 4) is 0 Å². The Balaban J connectivity index is 1.72. The van der Waals surface area contributed by atoms with Crippen LogP contribution < -0.4 is 5.32 Å². The van der Waals surface area contributed by atoms with Crippen LogP contribution in [0.2, 0.25) is 0 Å². The summed E-state index contributed by atoms with van der Waals surface area (Å²) in [7, 11) is 3.86. The van der Waals surface area contributed by atoms with Crippen LogP contribution in [0.3, 0.4) is 0 Å². The van der Waals surface area contributed by atoms with Gasteiger partial charge in [-0.05, 0) is 17.9 Å². The summed E-state index contributed by atoms with van der Waals surface area (Å²) >= 11 is 1.80. The summed E-state index contributed by atoms with van der Waals surface area (Å²) in [5, 5.41) is 5.46. The van der Waals surface area contributed by atoms with Crippen LogP contribution in [-0.4, -0.2) is 64.0 Å². The zero-order chi connectivity index (χ0) is 14.2. The molecular formula is C14H23N3O2S. The van der Waals surface area contributed by atoms with Crippen molar-refractivity contribution >= 4 is 17.3 Å². The number of hydrogen-bond acceptors (Lipinski definition) is 4.